The highest BCUT2D eigenvalue weighted by Gasteiger charge is 2.19. The zero-order chi connectivity index (χ0) is 9.84. The van der Waals surface area contributed by atoms with E-state index in [0.717, 1.165) is 4.88 Å². The van der Waals surface area contributed by atoms with E-state index in [2.05, 4.69) is 9.59 Å². The lowest BCUT2D eigenvalue weighted by Crippen LogP contribution is -2.08. The molecule has 0 radical (unpaired) electrons. The topological polar surface area (TPSA) is 52.1 Å². The number of rotatable bonds is 3. The van der Waals surface area contributed by atoms with Gasteiger partial charge in [0.05, 0.1) is 11.5 Å². The minimum atomic E-state index is -0.375. The Hall–Kier alpha value is -0.970. The lowest BCUT2D eigenvalue weighted by molar-refractivity contribution is 0.0518. The fourth-order valence-electron chi connectivity index (χ4n) is 0.917. The summed E-state index contributed by atoms with van der Waals surface area (Å²) in [5, 5.41) is 3.75. The molecule has 4 nitrogen and oxygen atoms in total. The third kappa shape index (κ3) is 2.24. The van der Waals surface area contributed by atoms with E-state index in [1.165, 1.54) is 11.5 Å². The van der Waals surface area contributed by atoms with E-state index in [4.69, 9.17) is 4.74 Å². The predicted octanol–water partition coefficient (Wildman–Crippen LogP) is 1.84. The fourth-order valence-corrected chi connectivity index (χ4v) is 1.55. The fraction of sp³-hybridized carbons (Fsp3) is 0.625. The van der Waals surface area contributed by atoms with Gasteiger partial charge in [0.1, 0.15) is 0 Å². The highest BCUT2D eigenvalue weighted by molar-refractivity contribution is 7.05. The third-order valence-electron chi connectivity index (χ3n) is 1.51. The van der Waals surface area contributed by atoms with E-state index in [-0.39, 0.29) is 11.9 Å². The average Bonchev–Trinajstić information content (AvgIpc) is 2.52. The summed E-state index contributed by atoms with van der Waals surface area (Å²) in [6.07, 6.45) is 0. The van der Waals surface area contributed by atoms with Crippen LogP contribution in [0, 0.1) is 0 Å². The second-order valence-corrected chi connectivity index (χ2v) is 3.65. The Morgan fingerprint density at radius 2 is 2.31 bits per heavy atom. The first-order valence-electron chi connectivity index (χ1n) is 4.16. The molecule has 13 heavy (non-hydrogen) atoms. The SMILES string of the molecule is CCOC(=O)c1nnsc1C(C)C. The van der Waals surface area contributed by atoms with Gasteiger partial charge in [-0.25, -0.2) is 4.79 Å². The van der Waals surface area contributed by atoms with Gasteiger partial charge in [-0.05, 0) is 24.4 Å². The average molecular weight is 200 g/mol. The molecule has 72 valence electrons. The number of hydrogen-bond donors (Lipinski definition) is 0. The van der Waals surface area contributed by atoms with Crippen LogP contribution < -0.4 is 0 Å². The Balaban J connectivity index is 2.87. The number of esters is 1. The number of carbonyl (C=O) groups is 1. The molecule has 1 aromatic rings. The molecule has 0 aliphatic heterocycles. The molecule has 1 rings (SSSR count). The smallest absolute Gasteiger partial charge is 0.360 e. The maximum atomic E-state index is 11.3. The number of aromatic nitrogens is 2. The Morgan fingerprint density at radius 1 is 1.62 bits per heavy atom. The summed E-state index contributed by atoms with van der Waals surface area (Å²) in [6.45, 7) is 6.14. The molecular weight excluding hydrogens is 188 g/mol. The number of nitrogens with zero attached hydrogens (tertiary/aromatic N) is 2. The van der Waals surface area contributed by atoms with Crippen LogP contribution in [0.1, 0.15) is 42.1 Å². The third-order valence-corrected chi connectivity index (χ3v) is 2.53. The Bertz CT molecular complexity index is 296. The summed E-state index contributed by atoms with van der Waals surface area (Å²) in [5.74, 6) is -0.112. The van der Waals surface area contributed by atoms with Crippen LogP contribution in [0.5, 0.6) is 0 Å². The van der Waals surface area contributed by atoms with Crippen LogP contribution in [-0.2, 0) is 4.74 Å². The maximum Gasteiger partial charge on any atom is 0.360 e. The molecule has 0 aliphatic carbocycles. The summed E-state index contributed by atoms with van der Waals surface area (Å²) < 4.78 is 8.58. The molecule has 0 unspecified atom stereocenters. The standard InChI is InChI=1S/C8H12N2O2S/c1-4-12-8(11)6-7(5(2)3)13-10-9-6/h5H,4H2,1-3H3. The summed E-state index contributed by atoms with van der Waals surface area (Å²) in [4.78, 5) is 12.2. The van der Waals surface area contributed by atoms with Crippen molar-refractivity contribution in [3.63, 3.8) is 0 Å². The molecule has 0 atom stereocenters. The lowest BCUT2D eigenvalue weighted by Gasteiger charge is -2.02. The zero-order valence-electron chi connectivity index (χ0n) is 7.90. The molecule has 0 fully saturated rings. The van der Waals surface area contributed by atoms with Crippen LogP contribution in [0.2, 0.25) is 0 Å². The highest BCUT2D eigenvalue weighted by Crippen LogP contribution is 2.21. The molecule has 0 saturated heterocycles. The van der Waals surface area contributed by atoms with Crippen molar-refractivity contribution in [1.29, 1.82) is 0 Å². The first-order valence-corrected chi connectivity index (χ1v) is 4.93. The Labute approximate surface area is 81.1 Å². The van der Waals surface area contributed by atoms with E-state index in [0.29, 0.717) is 12.3 Å². The van der Waals surface area contributed by atoms with Crippen molar-refractivity contribution in [2.24, 2.45) is 0 Å². The number of carbonyl (C=O) groups excluding carboxylic acids is 1. The number of ether oxygens (including phenoxy) is 1. The van der Waals surface area contributed by atoms with Crippen LogP contribution in [0.25, 0.3) is 0 Å². The summed E-state index contributed by atoms with van der Waals surface area (Å²) in [7, 11) is 0. The van der Waals surface area contributed by atoms with Gasteiger partial charge in [0.15, 0.2) is 5.69 Å². The highest BCUT2D eigenvalue weighted by atomic mass is 32.1. The Morgan fingerprint density at radius 3 is 2.85 bits per heavy atom. The molecule has 0 aliphatic rings. The largest absolute Gasteiger partial charge is 0.461 e. The van der Waals surface area contributed by atoms with E-state index in [1.807, 2.05) is 13.8 Å². The molecule has 0 N–H and O–H groups in total. The Kier molecular flexibility index (Phi) is 3.36. The van der Waals surface area contributed by atoms with Crippen molar-refractivity contribution in [1.82, 2.24) is 9.59 Å². The summed E-state index contributed by atoms with van der Waals surface area (Å²) in [6, 6.07) is 0. The molecule has 1 aromatic heterocycles. The minimum Gasteiger partial charge on any atom is -0.461 e. The van der Waals surface area contributed by atoms with Crippen molar-refractivity contribution < 1.29 is 9.53 Å². The van der Waals surface area contributed by atoms with Crippen molar-refractivity contribution in [3.05, 3.63) is 10.6 Å². The van der Waals surface area contributed by atoms with Crippen LogP contribution in [0.3, 0.4) is 0 Å². The predicted molar refractivity (Wildman–Crippen MR) is 50.0 cm³/mol. The molecule has 0 bridgehead atoms. The van der Waals surface area contributed by atoms with Gasteiger partial charge in [0.2, 0.25) is 0 Å². The quantitative estimate of drug-likeness (QED) is 0.698. The molecule has 0 aromatic carbocycles. The first kappa shape index (κ1) is 10.1. The first-order chi connectivity index (χ1) is 6.16. The van der Waals surface area contributed by atoms with E-state index in [9.17, 15) is 4.79 Å². The molecule has 0 amide bonds. The summed E-state index contributed by atoms with van der Waals surface area (Å²) in [5.41, 5.74) is 0.363. The van der Waals surface area contributed by atoms with Crippen molar-refractivity contribution in [2.45, 2.75) is 26.7 Å². The molecular formula is C8H12N2O2S. The normalized spacial score (nSPS) is 10.5. The van der Waals surface area contributed by atoms with Crippen molar-refractivity contribution in [3.8, 4) is 0 Å². The van der Waals surface area contributed by atoms with Gasteiger partial charge < -0.3 is 4.74 Å². The zero-order valence-corrected chi connectivity index (χ0v) is 8.72. The van der Waals surface area contributed by atoms with Gasteiger partial charge in [-0.15, -0.1) is 5.10 Å². The molecule has 0 spiro atoms. The second kappa shape index (κ2) is 4.32. The van der Waals surface area contributed by atoms with Crippen LogP contribution in [0.4, 0.5) is 0 Å². The van der Waals surface area contributed by atoms with E-state index >= 15 is 0 Å². The van der Waals surface area contributed by atoms with Gasteiger partial charge in [-0.2, -0.15) is 0 Å². The van der Waals surface area contributed by atoms with Crippen molar-refractivity contribution in [2.75, 3.05) is 6.61 Å². The lowest BCUT2D eigenvalue weighted by atomic mass is 10.1. The van der Waals surface area contributed by atoms with Crippen LogP contribution >= 0.6 is 11.5 Å². The van der Waals surface area contributed by atoms with Gasteiger partial charge in [-0.1, -0.05) is 18.3 Å². The second-order valence-electron chi connectivity index (χ2n) is 2.86. The van der Waals surface area contributed by atoms with Crippen LogP contribution in [-0.4, -0.2) is 22.2 Å². The van der Waals surface area contributed by atoms with Crippen LogP contribution in [0.15, 0.2) is 0 Å². The van der Waals surface area contributed by atoms with E-state index in [1.54, 1.807) is 6.92 Å². The van der Waals surface area contributed by atoms with Gasteiger partial charge in [-0.3, -0.25) is 0 Å². The number of hydrogen-bond acceptors (Lipinski definition) is 5. The maximum absolute atomic E-state index is 11.3. The van der Waals surface area contributed by atoms with Gasteiger partial charge in [0, 0.05) is 0 Å². The molecule has 5 heteroatoms. The summed E-state index contributed by atoms with van der Waals surface area (Å²) >= 11 is 1.25. The van der Waals surface area contributed by atoms with Gasteiger partial charge >= 0.3 is 5.97 Å². The molecule has 0 saturated carbocycles. The van der Waals surface area contributed by atoms with Crippen molar-refractivity contribution >= 4 is 17.5 Å². The van der Waals surface area contributed by atoms with Gasteiger partial charge in [0.25, 0.3) is 0 Å². The minimum absolute atomic E-state index is 0.263. The molecule has 1 heterocycles. The van der Waals surface area contributed by atoms with E-state index < -0.39 is 0 Å². The monoisotopic (exact) mass is 200 g/mol.